The topological polar surface area (TPSA) is 40.5 Å². The Morgan fingerprint density at radius 1 is 1.04 bits per heavy atom. The molecule has 0 saturated heterocycles. The van der Waals surface area contributed by atoms with Crippen molar-refractivity contribution in [2.45, 2.75) is 53.0 Å². The zero-order chi connectivity index (χ0) is 18.9. The summed E-state index contributed by atoms with van der Waals surface area (Å²) >= 11 is 0. The Bertz CT molecular complexity index is 727. The van der Waals surface area contributed by atoms with Crippen LogP contribution in [-0.4, -0.2) is 15.9 Å². The highest BCUT2D eigenvalue weighted by Gasteiger charge is 2.05. The van der Waals surface area contributed by atoms with Gasteiger partial charge in [0.15, 0.2) is 0 Å². The average Bonchev–Trinajstić information content (AvgIpc) is 2.62. The van der Waals surface area contributed by atoms with E-state index in [0.717, 1.165) is 42.4 Å². The molecule has 3 heteroatoms. The van der Waals surface area contributed by atoms with Crippen LogP contribution in [0.2, 0.25) is 0 Å². The van der Waals surface area contributed by atoms with Gasteiger partial charge in [-0.3, -0.25) is 4.79 Å². The molecule has 3 nitrogen and oxygen atoms in total. The predicted octanol–water partition coefficient (Wildman–Crippen LogP) is 5.28. The lowest BCUT2D eigenvalue weighted by molar-refractivity contribution is -0.126. The Morgan fingerprint density at radius 3 is 2.31 bits per heavy atom. The lowest BCUT2D eigenvalue weighted by atomic mass is 10.0. The van der Waals surface area contributed by atoms with Crippen LogP contribution in [0.4, 0.5) is 0 Å². The molecule has 0 heterocycles. The molecule has 0 bridgehead atoms. The Labute approximate surface area is 157 Å². The van der Waals surface area contributed by atoms with Gasteiger partial charge >= 0.3 is 0 Å². The second-order valence-corrected chi connectivity index (χ2v) is 6.84. The lowest BCUT2D eigenvalue weighted by Gasteiger charge is -2.16. The Balaban J connectivity index is 1.77. The first kappa shape index (κ1) is 19.8. The second-order valence-electron chi connectivity index (χ2n) is 6.84. The molecule has 0 unspecified atom stereocenters. The number of carbonyl (C=O) groups is 1. The van der Waals surface area contributed by atoms with E-state index in [0.29, 0.717) is 12.3 Å². The number of nitrogens with zero attached hydrogens (tertiary/aromatic N) is 1. The molecule has 0 fully saturated rings. The number of aromatic hydroxyl groups is 1. The Hall–Kier alpha value is -2.55. The average molecular weight is 351 g/mol. The van der Waals surface area contributed by atoms with Crippen LogP contribution in [0.5, 0.6) is 5.75 Å². The number of phenolic OH excluding ortho intramolecular Hbond substituents is 1. The number of amides is 1. The van der Waals surface area contributed by atoms with Crippen molar-refractivity contribution in [3.05, 3.63) is 77.0 Å². The summed E-state index contributed by atoms with van der Waals surface area (Å²) in [6.07, 6.45) is 8.12. The summed E-state index contributed by atoms with van der Waals surface area (Å²) in [4.78, 5) is 13.6. The van der Waals surface area contributed by atoms with Crippen LogP contribution in [0, 0.1) is 13.8 Å². The predicted molar refractivity (Wildman–Crippen MR) is 107 cm³/mol. The minimum Gasteiger partial charge on any atom is -0.507 e. The maximum Gasteiger partial charge on any atom is 0.223 e. The molecular formula is C23H29NO2. The van der Waals surface area contributed by atoms with Crippen molar-refractivity contribution in [2.24, 2.45) is 0 Å². The van der Waals surface area contributed by atoms with Gasteiger partial charge in [0.2, 0.25) is 5.91 Å². The monoisotopic (exact) mass is 351 g/mol. The number of aryl methyl sites for hydroxylation is 3. The number of unbranched alkanes of at least 4 members (excludes halogenated alkanes) is 2. The minimum absolute atomic E-state index is 0.0557. The van der Waals surface area contributed by atoms with Crippen molar-refractivity contribution >= 4 is 5.91 Å². The van der Waals surface area contributed by atoms with E-state index >= 15 is 0 Å². The summed E-state index contributed by atoms with van der Waals surface area (Å²) in [5, 5.41) is 9.83. The lowest BCUT2D eigenvalue weighted by Crippen LogP contribution is -2.22. The van der Waals surface area contributed by atoms with Crippen molar-refractivity contribution < 1.29 is 9.90 Å². The molecule has 0 saturated carbocycles. The van der Waals surface area contributed by atoms with E-state index in [9.17, 15) is 9.90 Å². The van der Waals surface area contributed by atoms with E-state index in [1.165, 1.54) is 5.56 Å². The first-order valence-corrected chi connectivity index (χ1v) is 9.24. The highest BCUT2D eigenvalue weighted by molar-refractivity contribution is 5.74. The number of hydrogen-bond acceptors (Lipinski definition) is 2. The summed E-state index contributed by atoms with van der Waals surface area (Å²) in [6, 6.07) is 14.2. The van der Waals surface area contributed by atoms with Crippen LogP contribution in [0.3, 0.4) is 0 Å². The van der Waals surface area contributed by atoms with Gasteiger partial charge in [-0.1, -0.05) is 48.5 Å². The maximum atomic E-state index is 11.8. The summed E-state index contributed by atoms with van der Waals surface area (Å²) < 4.78 is 0. The van der Waals surface area contributed by atoms with Crippen molar-refractivity contribution in [3.8, 4) is 5.75 Å². The molecule has 1 amide bonds. The van der Waals surface area contributed by atoms with Gasteiger partial charge in [-0.25, -0.2) is 0 Å². The van der Waals surface area contributed by atoms with E-state index < -0.39 is 0 Å². The van der Waals surface area contributed by atoms with Gasteiger partial charge in [-0.05, 0) is 61.8 Å². The van der Waals surface area contributed by atoms with Gasteiger partial charge in [0.25, 0.3) is 0 Å². The van der Waals surface area contributed by atoms with Gasteiger partial charge in [-0.2, -0.15) is 0 Å². The van der Waals surface area contributed by atoms with Gasteiger partial charge < -0.3 is 10.0 Å². The molecule has 138 valence electrons. The van der Waals surface area contributed by atoms with Crippen molar-refractivity contribution in [1.29, 1.82) is 0 Å². The number of hydrogen-bond donors (Lipinski definition) is 1. The van der Waals surface area contributed by atoms with E-state index in [4.69, 9.17) is 0 Å². The fourth-order valence-electron chi connectivity index (χ4n) is 3.03. The second kappa shape index (κ2) is 9.81. The third-order valence-electron chi connectivity index (χ3n) is 4.52. The first-order chi connectivity index (χ1) is 12.5. The molecule has 0 aliphatic rings. The Morgan fingerprint density at radius 2 is 1.69 bits per heavy atom. The normalized spacial score (nSPS) is 11.0. The Kier molecular flexibility index (Phi) is 7.46. The summed E-state index contributed by atoms with van der Waals surface area (Å²) in [6.45, 7) is 6.09. The van der Waals surface area contributed by atoms with Crippen LogP contribution < -0.4 is 0 Å². The third-order valence-corrected chi connectivity index (χ3v) is 4.52. The molecule has 0 aliphatic carbocycles. The summed E-state index contributed by atoms with van der Waals surface area (Å²) in [7, 11) is 0. The maximum absolute atomic E-state index is 11.8. The summed E-state index contributed by atoms with van der Waals surface area (Å²) in [5.74, 6) is 0.458. The van der Waals surface area contributed by atoms with E-state index in [1.807, 2.05) is 50.4 Å². The highest BCUT2D eigenvalue weighted by atomic mass is 16.3. The molecule has 0 spiro atoms. The molecule has 2 rings (SSSR count). The molecular weight excluding hydrogens is 322 g/mol. The SMILES string of the molecule is CC(=O)N(/C=C/CCCCc1cc(C)c(O)c(C)c1)Cc1ccccc1. The van der Waals surface area contributed by atoms with E-state index in [-0.39, 0.29) is 5.91 Å². The van der Waals surface area contributed by atoms with E-state index in [2.05, 4.69) is 18.2 Å². The number of phenols is 1. The molecule has 1 N–H and O–H groups in total. The van der Waals surface area contributed by atoms with Crippen LogP contribution >= 0.6 is 0 Å². The highest BCUT2D eigenvalue weighted by Crippen LogP contribution is 2.23. The molecule has 0 aliphatic heterocycles. The number of carbonyl (C=O) groups excluding carboxylic acids is 1. The first-order valence-electron chi connectivity index (χ1n) is 9.24. The quantitative estimate of drug-likeness (QED) is 0.657. The van der Waals surface area contributed by atoms with Crippen molar-refractivity contribution in [2.75, 3.05) is 0 Å². The van der Waals surface area contributed by atoms with Crippen LogP contribution in [0.1, 0.15) is 48.4 Å². The van der Waals surface area contributed by atoms with Crippen LogP contribution in [-0.2, 0) is 17.8 Å². The molecule has 0 aromatic heterocycles. The zero-order valence-electron chi connectivity index (χ0n) is 16.0. The fourth-order valence-corrected chi connectivity index (χ4v) is 3.03. The molecule has 2 aromatic rings. The van der Waals surface area contributed by atoms with Crippen molar-refractivity contribution in [1.82, 2.24) is 4.90 Å². The number of allylic oxidation sites excluding steroid dienone is 1. The van der Waals surface area contributed by atoms with Gasteiger partial charge in [-0.15, -0.1) is 0 Å². The number of benzene rings is 2. The fraction of sp³-hybridized carbons (Fsp3) is 0.348. The van der Waals surface area contributed by atoms with Crippen LogP contribution in [0.25, 0.3) is 0 Å². The molecule has 0 radical (unpaired) electrons. The van der Waals surface area contributed by atoms with Gasteiger partial charge in [0.05, 0.1) is 6.54 Å². The van der Waals surface area contributed by atoms with Crippen molar-refractivity contribution in [3.63, 3.8) is 0 Å². The summed E-state index contributed by atoms with van der Waals surface area (Å²) in [5.41, 5.74) is 4.29. The molecule has 26 heavy (non-hydrogen) atoms. The molecule has 2 aromatic carbocycles. The zero-order valence-corrected chi connectivity index (χ0v) is 16.0. The largest absolute Gasteiger partial charge is 0.507 e. The van der Waals surface area contributed by atoms with Gasteiger partial charge in [0.1, 0.15) is 5.75 Å². The standard InChI is InChI=1S/C23H29NO2/c1-18-15-22(16-19(2)23(18)26)13-7-4-5-10-14-24(20(3)25)17-21-11-8-6-9-12-21/h6,8-12,14-16,26H,4-5,7,13,17H2,1-3H3/b14-10+. The van der Waals surface area contributed by atoms with E-state index in [1.54, 1.807) is 11.8 Å². The third kappa shape index (κ3) is 6.07. The van der Waals surface area contributed by atoms with Gasteiger partial charge in [0, 0.05) is 13.1 Å². The van der Waals surface area contributed by atoms with Crippen LogP contribution in [0.15, 0.2) is 54.7 Å². The smallest absolute Gasteiger partial charge is 0.223 e. The number of rotatable bonds is 8. The molecule has 0 atom stereocenters. The minimum atomic E-state index is 0.0557.